The molecule has 1 aromatic heterocycles. The smallest absolute Gasteiger partial charge is 0.294 e. The van der Waals surface area contributed by atoms with Gasteiger partial charge in [0.15, 0.2) is 0 Å². The lowest BCUT2D eigenvalue weighted by molar-refractivity contribution is 0.0988. The zero-order chi connectivity index (χ0) is 21.1. The molecule has 162 valence electrons. The second-order valence-electron chi connectivity index (χ2n) is 7.98. The highest BCUT2D eigenvalue weighted by Gasteiger charge is 2.28. The lowest BCUT2D eigenvalue weighted by Gasteiger charge is -2.31. The van der Waals surface area contributed by atoms with Crippen LogP contribution in [0.2, 0.25) is 0 Å². The van der Waals surface area contributed by atoms with Gasteiger partial charge in [-0.2, -0.15) is 4.31 Å². The number of nitrogens with zero attached hydrogens (tertiary/aromatic N) is 3. The summed E-state index contributed by atoms with van der Waals surface area (Å²) in [4.78, 5) is 15.1. The molecule has 0 aliphatic carbocycles. The van der Waals surface area contributed by atoms with E-state index in [-0.39, 0.29) is 10.7 Å². The van der Waals surface area contributed by atoms with Gasteiger partial charge in [0.1, 0.15) is 0 Å². The summed E-state index contributed by atoms with van der Waals surface area (Å²) in [7, 11) is -3.60. The van der Waals surface area contributed by atoms with Crippen LogP contribution in [0, 0.1) is 6.92 Å². The molecule has 2 aliphatic rings. The third-order valence-corrected chi connectivity index (χ3v) is 7.61. The molecule has 3 heterocycles. The van der Waals surface area contributed by atoms with Gasteiger partial charge in [-0.1, -0.05) is 11.6 Å². The van der Waals surface area contributed by atoms with Crippen LogP contribution >= 0.6 is 0 Å². The van der Waals surface area contributed by atoms with Crippen molar-refractivity contribution in [3.05, 3.63) is 35.7 Å². The first-order valence-electron chi connectivity index (χ1n) is 10.6. The molecule has 0 spiro atoms. The number of aryl methyl sites for hydroxylation is 1. The number of hydrogen-bond donors (Lipinski definition) is 1. The number of sulfonamides is 1. The summed E-state index contributed by atoms with van der Waals surface area (Å²) in [6, 6.07) is 6.60. The van der Waals surface area contributed by atoms with Crippen molar-refractivity contribution in [2.45, 2.75) is 50.3 Å². The zero-order valence-electron chi connectivity index (χ0n) is 17.3. The molecule has 2 fully saturated rings. The maximum atomic E-state index is 13.2. The normalized spacial score (nSPS) is 18.4. The number of amides is 1. The van der Waals surface area contributed by atoms with E-state index in [1.165, 1.54) is 10.7 Å². The van der Waals surface area contributed by atoms with Crippen molar-refractivity contribution in [3.63, 3.8) is 0 Å². The molecule has 0 atom stereocenters. The molecule has 1 amide bonds. The highest BCUT2D eigenvalue weighted by Crippen LogP contribution is 2.33. The van der Waals surface area contributed by atoms with Crippen molar-refractivity contribution in [2.75, 3.05) is 36.4 Å². The molecule has 30 heavy (non-hydrogen) atoms. The van der Waals surface area contributed by atoms with Crippen molar-refractivity contribution < 1.29 is 17.7 Å². The Hall–Kier alpha value is -2.39. The Labute approximate surface area is 177 Å². The van der Waals surface area contributed by atoms with Crippen LogP contribution < -0.4 is 10.2 Å². The molecule has 2 aliphatic heterocycles. The van der Waals surface area contributed by atoms with Gasteiger partial charge in [-0.15, -0.1) is 0 Å². The van der Waals surface area contributed by atoms with E-state index in [9.17, 15) is 13.2 Å². The van der Waals surface area contributed by atoms with Gasteiger partial charge in [0.25, 0.3) is 5.91 Å². The standard InChI is InChI=1S/C21H28N4O4S/c1-16-14-20(29-23-16)21(26)22-18-15-17(30(27,28)25-12-6-3-7-13-25)8-9-19(18)24-10-4-2-5-11-24/h8-9,14-15H,2-7,10-13H2,1H3,(H,22,26). The summed E-state index contributed by atoms with van der Waals surface area (Å²) < 4.78 is 32.9. The number of nitrogens with one attached hydrogen (secondary N) is 1. The van der Waals surface area contributed by atoms with E-state index in [0.717, 1.165) is 50.9 Å². The lowest BCUT2D eigenvalue weighted by Crippen LogP contribution is -2.35. The summed E-state index contributed by atoms with van der Waals surface area (Å²) in [6.45, 7) is 4.57. The minimum absolute atomic E-state index is 0.0985. The Morgan fingerprint density at radius 2 is 1.67 bits per heavy atom. The molecular formula is C21H28N4O4S. The van der Waals surface area contributed by atoms with Crippen molar-refractivity contribution in [3.8, 4) is 0 Å². The number of benzene rings is 1. The first-order valence-corrected chi connectivity index (χ1v) is 12.0. The summed E-state index contributed by atoms with van der Waals surface area (Å²) >= 11 is 0. The van der Waals surface area contributed by atoms with Crippen LogP contribution in [0.4, 0.5) is 11.4 Å². The molecule has 0 radical (unpaired) electrons. The Morgan fingerprint density at radius 1 is 1.00 bits per heavy atom. The van der Waals surface area contributed by atoms with Crippen LogP contribution in [0.1, 0.15) is 54.8 Å². The average Bonchev–Trinajstić information content (AvgIpc) is 3.21. The largest absolute Gasteiger partial charge is 0.370 e. The van der Waals surface area contributed by atoms with Gasteiger partial charge >= 0.3 is 0 Å². The molecule has 9 heteroatoms. The van der Waals surface area contributed by atoms with E-state index in [1.807, 2.05) is 6.07 Å². The molecule has 4 rings (SSSR count). The quantitative estimate of drug-likeness (QED) is 0.778. The minimum atomic E-state index is -3.60. The summed E-state index contributed by atoms with van der Waals surface area (Å²) in [6.07, 6.45) is 6.12. The molecule has 0 saturated carbocycles. The fourth-order valence-corrected chi connectivity index (χ4v) is 5.64. The Morgan fingerprint density at radius 3 is 2.30 bits per heavy atom. The average molecular weight is 433 g/mol. The van der Waals surface area contributed by atoms with Crippen molar-refractivity contribution in [2.24, 2.45) is 0 Å². The van der Waals surface area contributed by atoms with Crippen LogP contribution in [-0.4, -0.2) is 50.0 Å². The van der Waals surface area contributed by atoms with E-state index in [4.69, 9.17) is 4.52 Å². The minimum Gasteiger partial charge on any atom is -0.370 e. The van der Waals surface area contributed by atoms with Crippen LogP contribution in [0.15, 0.2) is 33.7 Å². The van der Waals surface area contributed by atoms with Crippen LogP contribution in [0.3, 0.4) is 0 Å². The monoisotopic (exact) mass is 432 g/mol. The number of aromatic nitrogens is 1. The second-order valence-corrected chi connectivity index (χ2v) is 9.92. The fourth-order valence-electron chi connectivity index (χ4n) is 4.10. The zero-order valence-corrected chi connectivity index (χ0v) is 18.1. The van der Waals surface area contributed by atoms with Gasteiger partial charge in [-0.25, -0.2) is 8.42 Å². The predicted molar refractivity (Wildman–Crippen MR) is 114 cm³/mol. The van der Waals surface area contributed by atoms with E-state index in [1.54, 1.807) is 25.1 Å². The fraction of sp³-hybridized carbons (Fsp3) is 0.524. The molecule has 1 aromatic carbocycles. The second kappa shape index (κ2) is 8.77. The van der Waals surface area contributed by atoms with E-state index < -0.39 is 15.9 Å². The molecule has 8 nitrogen and oxygen atoms in total. The number of piperidine rings is 2. The Bertz CT molecular complexity index is 1010. The van der Waals surface area contributed by atoms with Gasteiger partial charge in [-0.3, -0.25) is 4.79 Å². The van der Waals surface area contributed by atoms with Crippen LogP contribution in [-0.2, 0) is 10.0 Å². The number of hydrogen-bond acceptors (Lipinski definition) is 6. The SMILES string of the molecule is Cc1cc(C(=O)Nc2cc(S(=O)(=O)N3CCCCC3)ccc2N2CCCCC2)on1. The summed E-state index contributed by atoms with van der Waals surface area (Å²) in [5.74, 6) is -0.345. The van der Waals surface area contributed by atoms with Gasteiger partial charge in [0.2, 0.25) is 15.8 Å². The van der Waals surface area contributed by atoms with Gasteiger partial charge in [-0.05, 0) is 57.2 Å². The highest BCUT2D eigenvalue weighted by molar-refractivity contribution is 7.89. The number of anilines is 2. The first kappa shape index (κ1) is 20.9. The van der Waals surface area contributed by atoms with Crippen LogP contribution in [0.5, 0.6) is 0 Å². The first-order chi connectivity index (χ1) is 14.4. The maximum absolute atomic E-state index is 13.2. The van der Waals surface area contributed by atoms with Gasteiger partial charge in [0, 0.05) is 32.2 Å². The Kier molecular flexibility index (Phi) is 6.10. The number of carbonyl (C=O) groups excluding carboxylic acids is 1. The van der Waals surface area contributed by atoms with Crippen molar-refractivity contribution >= 4 is 27.3 Å². The summed E-state index contributed by atoms with van der Waals surface area (Å²) in [5.41, 5.74) is 1.92. The van der Waals surface area contributed by atoms with Crippen LogP contribution in [0.25, 0.3) is 0 Å². The number of carbonyl (C=O) groups is 1. The maximum Gasteiger partial charge on any atom is 0.294 e. The molecule has 2 saturated heterocycles. The third kappa shape index (κ3) is 4.37. The molecule has 1 N–H and O–H groups in total. The molecular weight excluding hydrogens is 404 g/mol. The van der Waals surface area contributed by atoms with Crippen molar-refractivity contribution in [1.29, 1.82) is 0 Å². The van der Waals surface area contributed by atoms with Crippen molar-refractivity contribution in [1.82, 2.24) is 9.46 Å². The van der Waals surface area contributed by atoms with Gasteiger partial charge in [0.05, 0.1) is 22.0 Å². The Balaban J connectivity index is 1.68. The molecule has 0 unspecified atom stereocenters. The topological polar surface area (TPSA) is 95.8 Å². The molecule has 0 bridgehead atoms. The molecule has 2 aromatic rings. The third-order valence-electron chi connectivity index (χ3n) is 5.72. The summed E-state index contributed by atoms with van der Waals surface area (Å²) in [5, 5.41) is 6.62. The van der Waals surface area contributed by atoms with E-state index >= 15 is 0 Å². The van der Waals surface area contributed by atoms with E-state index in [0.29, 0.717) is 24.5 Å². The highest BCUT2D eigenvalue weighted by atomic mass is 32.2. The lowest BCUT2D eigenvalue weighted by atomic mass is 10.1. The predicted octanol–water partition coefficient (Wildman–Crippen LogP) is 3.40. The number of rotatable bonds is 5. The van der Waals surface area contributed by atoms with E-state index in [2.05, 4.69) is 15.4 Å². The van der Waals surface area contributed by atoms with Gasteiger partial charge < -0.3 is 14.7 Å².